The summed E-state index contributed by atoms with van der Waals surface area (Å²) in [5.41, 5.74) is 0.580. The second kappa shape index (κ2) is 8.66. The monoisotopic (exact) mass is 376 g/mol. The normalized spacial score (nSPS) is 15.5. The fourth-order valence-electron chi connectivity index (χ4n) is 2.47. The highest BCUT2D eigenvalue weighted by atomic mass is 19.3. The quantitative estimate of drug-likeness (QED) is 0.349. The average Bonchev–Trinajstić information content (AvgIpc) is 2.73. The molecular weight excluding hydrogens is 362 g/mol. The Labute approximate surface area is 159 Å². The van der Waals surface area contributed by atoms with Crippen LogP contribution in [0.15, 0.2) is 90.7 Å². The van der Waals surface area contributed by atoms with Crippen LogP contribution >= 0.6 is 0 Å². The lowest BCUT2D eigenvalue weighted by atomic mass is 10.1. The summed E-state index contributed by atoms with van der Waals surface area (Å²) in [5, 5.41) is 21.9. The van der Waals surface area contributed by atoms with Crippen molar-refractivity contribution in [1.29, 1.82) is 0 Å². The van der Waals surface area contributed by atoms with Gasteiger partial charge in [-0.05, 0) is 41.6 Å². The van der Waals surface area contributed by atoms with Crippen LogP contribution < -0.4 is 15.5 Å². The van der Waals surface area contributed by atoms with Crippen molar-refractivity contribution < 1.29 is 22.9 Å². The van der Waals surface area contributed by atoms with Gasteiger partial charge >= 0.3 is 12.2 Å². The van der Waals surface area contributed by atoms with Crippen molar-refractivity contribution in [1.82, 2.24) is 0 Å². The van der Waals surface area contributed by atoms with Gasteiger partial charge in [-0.2, -0.15) is 0 Å². The number of nitrogens with zero attached hydrogens (tertiary/aromatic N) is 2. The van der Waals surface area contributed by atoms with Gasteiger partial charge in [-0.1, -0.05) is 30.4 Å². The molecule has 2 aromatic carbocycles. The summed E-state index contributed by atoms with van der Waals surface area (Å²) in [5.74, 6) is 1.45. The predicted octanol–water partition coefficient (Wildman–Crippen LogP) is 1.78. The third-order valence-corrected chi connectivity index (χ3v) is 3.86. The fraction of sp³-hybridized carbons (Fsp3) is 0. The van der Waals surface area contributed by atoms with E-state index in [1.165, 1.54) is 36.5 Å². The van der Waals surface area contributed by atoms with Crippen LogP contribution in [-0.4, -0.2) is 22.4 Å². The lowest BCUT2D eigenvalue weighted by molar-refractivity contribution is -0.487. The second-order valence-corrected chi connectivity index (χ2v) is 5.69. The minimum atomic E-state index is -1.92. The molecule has 6 heteroatoms. The molecule has 1 aliphatic carbocycles. The predicted molar refractivity (Wildman–Crippen MR) is 102 cm³/mol. The number of hydrogen-bond acceptors (Lipinski definition) is 1. The third kappa shape index (κ3) is 4.44. The molecule has 0 saturated heterocycles. The first-order valence-corrected chi connectivity index (χ1v) is 8.27. The van der Waals surface area contributed by atoms with Crippen molar-refractivity contribution >= 4 is 29.5 Å². The molecule has 4 nitrogen and oxygen atoms in total. The second-order valence-electron chi connectivity index (χ2n) is 5.69. The zero-order chi connectivity index (χ0) is 19.9. The van der Waals surface area contributed by atoms with Crippen LogP contribution in [0.1, 0.15) is 0 Å². The van der Waals surface area contributed by atoms with E-state index in [9.17, 15) is 13.9 Å². The van der Waals surface area contributed by atoms with Crippen LogP contribution in [0, 0.1) is 0 Å². The van der Waals surface area contributed by atoms with E-state index < -0.39 is 12.2 Å². The van der Waals surface area contributed by atoms with E-state index in [1.54, 1.807) is 48.6 Å². The first kappa shape index (κ1) is 18.9. The van der Waals surface area contributed by atoms with Crippen LogP contribution in [-0.2, 0) is 4.42 Å². The number of rotatable bonds is 3. The molecule has 3 rings (SSSR count). The van der Waals surface area contributed by atoms with Gasteiger partial charge in [-0.15, -0.1) is 13.4 Å². The molecule has 0 amide bonds. The minimum Gasteiger partial charge on any atom is -0.763 e. The summed E-state index contributed by atoms with van der Waals surface area (Å²) >= 11 is 0. The van der Waals surface area contributed by atoms with Gasteiger partial charge in [0.05, 0.1) is 10.8 Å². The molecule has 0 unspecified atom stereocenters. The lowest BCUT2D eigenvalue weighted by Gasteiger charge is -2.04. The van der Waals surface area contributed by atoms with Crippen molar-refractivity contribution in [3.63, 3.8) is 0 Å². The summed E-state index contributed by atoms with van der Waals surface area (Å²) in [6.07, 6.45) is 5.67. The highest BCUT2D eigenvalue weighted by Gasteiger charge is 2.19. The number of allylic oxidation sites excluding steroid dienone is 5. The minimum absolute atomic E-state index is 0.138. The highest BCUT2D eigenvalue weighted by molar-refractivity contribution is 6.07. The lowest BCUT2D eigenvalue weighted by Crippen LogP contribution is -2.21. The van der Waals surface area contributed by atoms with E-state index in [1.807, 2.05) is 5.87 Å². The Balaban J connectivity index is 2.07. The SMILES string of the molecule is [N-]=C=c1ccc(=C([O-])[O+]=C2C=CC=C/C2=C\[N+](=C(F)F)c2ccccc2)cc1. The Bertz CT molecular complexity index is 1160. The Morgan fingerprint density at radius 1 is 1.00 bits per heavy atom. The molecule has 0 aromatic heterocycles. The maximum Gasteiger partial charge on any atom is 0.538 e. The molecule has 1 aliphatic rings. The highest BCUT2D eigenvalue weighted by Crippen LogP contribution is 2.16. The molecule has 0 bridgehead atoms. The standard InChI is InChI=1S/C22H14F2N2O2/c23-22(24)26(19-7-2-1-3-8-19)15-18-6-4-5-9-20(18)28-21(27)17-12-10-16(14-25)11-13-17/h1-13,15H/b18-15+. The topological polar surface area (TPSA) is 59.7 Å². The number of carbonyl (C=O) groups excluding carboxylic acids is 1. The zero-order valence-electron chi connectivity index (χ0n) is 14.5. The summed E-state index contributed by atoms with van der Waals surface area (Å²) < 4.78 is 33.1. The van der Waals surface area contributed by atoms with Crippen LogP contribution in [0.25, 0.3) is 11.4 Å². The van der Waals surface area contributed by atoms with Gasteiger partial charge in [-0.3, -0.25) is 5.87 Å². The van der Waals surface area contributed by atoms with Gasteiger partial charge in [0.1, 0.15) is 5.78 Å². The van der Waals surface area contributed by atoms with Gasteiger partial charge < -0.3 is 9.83 Å². The van der Waals surface area contributed by atoms with Crippen molar-refractivity contribution in [3.05, 3.63) is 107 Å². The molecule has 0 N–H and O–H groups in total. The molecule has 138 valence electrons. The number of benzene rings is 2. The van der Waals surface area contributed by atoms with Crippen LogP contribution in [0.3, 0.4) is 0 Å². The molecule has 0 saturated carbocycles. The summed E-state index contributed by atoms with van der Waals surface area (Å²) in [7, 11) is 0. The molecule has 0 aliphatic heterocycles. The van der Waals surface area contributed by atoms with Crippen molar-refractivity contribution in [2.45, 2.75) is 0 Å². The van der Waals surface area contributed by atoms with E-state index in [0.29, 0.717) is 15.4 Å². The molecular formula is C22H14F2N2O2. The molecule has 0 radical (unpaired) electrons. The summed E-state index contributed by atoms with van der Waals surface area (Å²) in [6.45, 7) is 0. The van der Waals surface area contributed by atoms with Crippen molar-refractivity contribution in [3.8, 4) is 0 Å². The van der Waals surface area contributed by atoms with Crippen molar-refractivity contribution in [2.24, 2.45) is 0 Å². The molecule has 0 fully saturated rings. The number of para-hydroxylation sites is 1. The van der Waals surface area contributed by atoms with Crippen LogP contribution in [0.4, 0.5) is 14.5 Å². The van der Waals surface area contributed by atoms with Gasteiger partial charge in [0.15, 0.2) is 6.20 Å². The van der Waals surface area contributed by atoms with Gasteiger partial charge in [0.2, 0.25) is 5.69 Å². The zero-order valence-corrected chi connectivity index (χ0v) is 14.5. The van der Waals surface area contributed by atoms with E-state index in [0.717, 1.165) is 0 Å². The molecule has 0 atom stereocenters. The van der Waals surface area contributed by atoms with Gasteiger partial charge in [0, 0.05) is 12.1 Å². The summed E-state index contributed by atoms with van der Waals surface area (Å²) in [4.78, 5) is 0. The van der Waals surface area contributed by atoms with Gasteiger partial charge in [-0.25, -0.2) is 5.11 Å². The Morgan fingerprint density at radius 2 is 1.68 bits per heavy atom. The number of hydrogen-bond donors (Lipinski definition) is 0. The van der Waals surface area contributed by atoms with Gasteiger partial charge in [0.25, 0.3) is 0 Å². The first-order valence-electron chi connectivity index (χ1n) is 8.27. The molecule has 28 heavy (non-hydrogen) atoms. The van der Waals surface area contributed by atoms with E-state index in [-0.39, 0.29) is 16.7 Å². The van der Waals surface area contributed by atoms with E-state index in [2.05, 4.69) is 0 Å². The first-order chi connectivity index (χ1) is 13.6. The Kier molecular flexibility index (Phi) is 5.84. The fourth-order valence-corrected chi connectivity index (χ4v) is 2.47. The smallest absolute Gasteiger partial charge is 0.538 e. The van der Waals surface area contributed by atoms with Crippen LogP contribution in [0.2, 0.25) is 0 Å². The number of ketones is 1. The maximum absolute atomic E-state index is 13.5. The van der Waals surface area contributed by atoms with E-state index in [4.69, 9.17) is 9.83 Å². The molecule has 0 heterocycles. The maximum atomic E-state index is 13.5. The Hall–Kier alpha value is -3.89. The number of halogens is 2. The average molecular weight is 376 g/mol. The van der Waals surface area contributed by atoms with Crippen LogP contribution in [0.5, 0.6) is 0 Å². The van der Waals surface area contributed by atoms with E-state index >= 15 is 0 Å². The molecule has 0 spiro atoms. The largest absolute Gasteiger partial charge is 0.763 e. The molecule has 2 aromatic rings. The summed E-state index contributed by atoms with van der Waals surface area (Å²) in [6, 6.07) is 14.1. The Morgan fingerprint density at radius 3 is 2.32 bits per heavy atom. The van der Waals surface area contributed by atoms with Crippen molar-refractivity contribution in [2.75, 3.05) is 0 Å². The third-order valence-electron chi connectivity index (χ3n) is 3.86.